The molecule has 3 heteroatoms. The zero-order valence-corrected chi connectivity index (χ0v) is 31.7. The van der Waals surface area contributed by atoms with Gasteiger partial charge in [-0.3, -0.25) is 0 Å². The first kappa shape index (κ1) is 45.9. The number of hydrogen-bond acceptors (Lipinski definition) is 0. The quantitative estimate of drug-likeness (QED) is 0.152. The Morgan fingerprint density at radius 2 is 0.514 bits per heavy atom. The van der Waals surface area contributed by atoms with Crippen molar-refractivity contribution in [2.45, 2.75) is 168 Å². The van der Waals surface area contributed by atoms with Crippen LogP contribution >= 0.6 is 15.8 Å². The monoisotopic (exact) mass is 709 g/mol. The minimum Gasteiger partial charge on any atom is -0.340 e. The summed E-state index contributed by atoms with van der Waals surface area (Å²) in [6.45, 7) is 56.7. The van der Waals surface area contributed by atoms with Crippen LogP contribution in [0.2, 0.25) is 0 Å². The van der Waals surface area contributed by atoms with Crippen LogP contribution in [-0.2, 0) is 21.1 Å². The Balaban J connectivity index is -0.000000128. The van der Waals surface area contributed by atoms with Gasteiger partial charge in [0.05, 0.1) is 0 Å². The van der Waals surface area contributed by atoms with Gasteiger partial charge in [0.1, 0.15) is 0 Å². The summed E-state index contributed by atoms with van der Waals surface area (Å²) in [6.07, 6.45) is 5.19. The topological polar surface area (TPSA) is 0 Å². The molecule has 0 amide bonds. The Hall–Kier alpha value is 1.03. The van der Waals surface area contributed by atoms with Crippen LogP contribution in [0.15, 0.2) is 25.3 Å². The summed E-state index contributed by atoms with van der Waals surface area (Å²) < 4.78 is 0. The van der Waals surface area contributed by atoms with E-state index in [1.807, 2.05) is 0 Å². The minimum atomic E-state index is 0. The van der Waals surface area contributed by atoms with E-state index in [1.54, 1.807) is 12.2 Å². The van der Waals surface area contributed by atoms with Crippen LogP contribution in [0.1, 0.15) is 137 Å². The Labute approximate surface area is 243 Å². The predicted octanol–water partition coefficient (Wildman–Crippen LogP) is 12.5. The van der Waals surface area contributed by atoms with E-state index in [0.717, 1.165) is 12.8 Å². The maximum absolute atomic E-state index is 3.49. The summed E-state index contributed by atoms with van der Waals surface area (Å²) in [4.78, 5) is 0. The maximum Gasteiger partial charge on any atom is 2.00 e. The first-order chi connectivity index (χ1) is 14.6. The van der Waals surface area contributed by atoms with Crippen LogP contribution in [0.3, 0.4) is 0 Å². The average molecular weight is 710 g/mol. The molecule has 0 aliphatic rings. The first-order valence-corrected chi connectivity index (χ1v) is 15.7. The smallest absolute Gasteiger partial charge is 0.340 e. The largest absolute Gasteiger partial charge is 2.00 e. The van der Waals surface area contributed by atoms with Gasteiger partial charge in [0.15, 0.2) is 0 Å². The number of rotatable bonds is 2. The number of hydrogen-bond donors (Lipinski definition) is 0. The molecule has 0 aromatic heterocycles. The maximum atomic E-state index is 3.49. The molecule has 35 heavy (non-hydrogen) atoms. The number of allylic oxidation sites excluding steroid dienone is 2. The molecule has 0 spiro atoms. The fourth-order valence-electron chi connectivity index (χ4n) is 6.04. The van der Waals surface area contributed by atoms with Gasteiger partial charge in [-0.05, 0) is 30.9 Å². The predicted molar refractivity (Wildman–Crippen MR) is 173 cm³/mol. The first-order valence-electron chi connectivity index (χ1n) is 13.0. The zero-order valence-electron chi connectivity index (χ0n) is 27.6. The van der Waals surface area contributed by atoms with Gasteiger partial charge in [-0.15, -0.1) is 25.3 Å². The van der Waals surface area contributed by atoms with Crippen molar-refractivity contribution >= 4 is 15.8 Å². The van der Waals surface area contributed by atoms with Crippen LogP contribution in [0, 0.1) is 13.8 Å². The Bertz CT molecular complexity index is 404. The van der Waals surface area contributed by atoms with Crippen LogP contribution in [0.4, 0.5) is 0 Å². The standard InChI is InChI=1S/2C12H27P.2C4H7.Pt/c2*1-10(2,3)13(11(4,5)6)12(7,8)9;2*1-3-4-2;/h2*1-9H3;2*3H,1-2,4H2;/q;;2*-1;+2. The molecule has 0 nitrogen and oxygen atoms in total. The minimum absolute atomic E-state index is 0. The molecule has 0 bridgehead atoms. The van der Waals surface area contributed by atoms with Crippen molar-refractivity contribution < 1.29 is 21.1 Å². The van der Waals surface area contributed by atoms with Gasteiger partial charge >= 0.3 is 21.1 Å². The van der Waals surface area contributed by atoms with Crippen molar-refractivity contribution in [2.24, 2.45) is 0 Å². The van der Waals surface area contributed by atoms with E-state index >= 15 is 0 Å². The fourth-order valence-corrected chi connectivity index (χ4v) is 18.1. The Morgan fingerprint density at radius 1 is 0.429 bits per heavy atom. The molecule has 0 N–H and O–H groups in total. The molecule has 0 rings (SSSR count). The van der Waals surface area contributed by atoms with E-state index in [9.17, 15) is 0 Å². The average Bonchev–Trinajstić information content (AvgIpc) is 2.46. The zero-order chi connectivity index (χ0) is 29.0. The summed E-state index contributed by atoms with van der Waals surface area (Å²) in [7, 11) is 0.0324. The normalized spacial score (nSPS) is 12.7. The van der Waals surface area contributed by atoms with E-state index in [1.165, 1.54) is 0 Å². The van der Waals surface area contributed by atoms with Crippen LogP contribution in [-0.4, -0.2) is 30.9 Å². The Morgan fingerprint density at radius 3 is 0.514 bits per heavy atom. The Kier molecular flexibility index (Phi) is 24.1. The summed E-state index contributed by atoms with van der Waals surface area (Å²) in [5.41, 5.74) is 0. The van der Waals surface area contributed by atoms with E-state index in [2.05, 4.69) is 152 Å². The van der Waals surface area contributed by atoms with Gasteiger partial charge in [-0.25, -0.2) is 0 Å². The van der Waals surface area contributed by atoms with Gasteiger partial charge in [0.25, 0.3) is 0 Å². The fraction of sp³-hybridized carbons (Fsp3) is 0.812. The third kappa shape index (κ3) is 25.1. The molecule has 0 aliphatic carbocycles. The molecular weight excluding hydrogens is 641 g/mol. The van der Waals surface area contributed by atoms with Crippen LogP contribution in [0.25, 0.3) is 0 Å². The van der Waals surface area contributed by atoms with Crippen molar-refractivity contribution in [1.29, 1.82) is 0 Å². The van der Waals surface area contributed by atoms with Crippen molar-refractivity contribution in [3.05, 3.63) is 39.2 Å². The molecule has 0 saturated heterocycles. The van der Waals surface area contributed by atoms with Crippen molar-refractivity contribution in [3.63, 3.8) is 0 Å². The van der Waals surface area contributed by atoms with Gasteiger partial charge in [-0.1, -0.05) is 140 Å². The van der Waals surface area contributed by atoms with Crippen molar-refractivity contribution in [3.8, 4) is 0 Å². The summed E-state index contributed by atoms with van der Waals surface area (Å²) in [5.74, 6) is 0. The molecule has 0 atom stereocenters. The van der Waals surface area contributed by atoms with Crippen molar-refractivity contribution in [2.75, 3.05) is 0 Å². The van der Waals surface area contributed by atoms with Gasteiger partial charge in [0.2, 0.25) is 0 Å². The van der Waals surface area contributed by atoms with E-state index < -0.39 is 0 Å². The molecule has 0 unspecified atom stereocenters. The molecule has 0 fully saturated rings. The second-order valence-corrected chi connectivity index (χ2v) is 24.2. The van der Waals surface area contributed by atoms with Gasteiger partial charge in [0, 0.05) is 0 Å². The SMILES string of the molecule is C=CC[CH2-].C=CC[CH2-].CC(C)(C)P(C(C)(C)C)C(C)(C)C.CC(C)(C)P(C(C)(C)C)C(C)(C)C.[Pt+2]. The van der Waals surface area contributed by atoms with Gasteiger partial charge < -0.3 is 13.8 Å². The molecule has 0 radical (unpaired) electrons. The molecular formula is C32H68P2Pt. The summed E-state index contributed by atoms with van der Waals surface area (Å²) >= 11 is 0. The van der Waals surface area contributed by atoms with E-state index in [0.29, 0.717) is 30.9 Å². The summed E-state index contributed by atoms with van der Waals surface area (Å²) in [5, 5.41) is 2.70. The molecule has 0 saturated carbocycles. The van der Waals surface area contributed by atoms with Crippen LogP contribution < -0.4 is 0 Å². The molecule has 0 aliphatic heterocycles. The molecule has 0 aromatic rings. The molecule has 0 heterocycles. The summed E-state index contributed by atoms with van der Waals surface area (Å²) in [6, 6.07) is 0. The second-order valence-electron chi connectivity index (χ2n) is 14.9. The van der Waals surface area contributed by atoms with Crippen LogP contribution in [0.5, 0.6) is 0 Å². The third-order valence-corrected chi connectivity index (χ3v) is 12.5. The molecule has 216 valence electrons. The van der Waals surface area contributed by atoms with Gasteiger partial charge in [-0.2, -0.15) is 12.8 Å². The van der Waals surface area contributed by atoms with Crippen molar-refractivity contribution in [1.82, 2.24) is 0 Å². The van der Waals surface area contributed by atoms with E-state index in [-0.39, 0.29) is 36.9 Å². The second kappa shape index (κ2) is 18.3. The molecule has 0 aromatic carbocycles. The third-order valence-electron chi connectivity index (χ3n) is 4.43. The van der Waals surface area contributed by atoms with E-state index in [4.69, 9.17) is 0 Å².